The van der Waals surface area contributed by atoms with E-state index in [0.29, 0.717) is 0 Å². The Bertz CT molecular complexity index is 595. The van der Waals surface area contributed by atoms with Crippen LogP contribution in [0.5, 0.6) is 0 Å². The molecule has 0 aliphatic heterocycles. The third-order valence-corrected chi connectivity index (χ3v) is 2.77. The van der Waals surface area contributed by atoms with Crippen molar-refractivity contribution in [2.24, 2.45) is 0 Å². The fourth-order valence-corrected chi connectivity index (χ4v) is 1.78. The molecular formula is C14H18F3N3O4. The van der Waals surface area contributed by atoms with Gasteiger partial charge in [0.05, 0.1) is 6.61 Å². The van der Waals surface area contributed by atoms with Gasteiger partial charge >= 0.3 is 23.9 Å². The van der Waals surface area contributed by atoms with E-state index in [0.717, 1.165) is 5.56 Å². The molecule has 1 unspecified atom stereocenters. The van der Waals surface area contributed by atoms with Crippen LogP contribution >= 0.6 is 0 Å². The Morgan fingerprint density at radius 2 is 1.92 bits per heavy atom. The molecule has 0 spiro atoms. The van der Waals surface area contributed by atoms with Gasteiger partial charge in [-0.15, -0.1) is 0 Å². The summed E-state index contributed by atoms with van der Waals surface area (Å²) in [6, 6.07) is 1.77. The van der Waals surface area contributed by atoms with Gasteiger partial charge in [0.25, 0.3) is 0 Å². The predicted molar refractivity (Wildman–Crippen MR) is 78.2 cm³/mol. The lowest BCUT2D eigenvalue weighted by Gasteiger charge is -2.33. The molecule has 134 valence electrons. The highest BCUT2D eigenvalue weighted by atomic mass is 19.4. The Morgan fingerprint density at radius 1 is 1.25 bits per heavy atom. The zero-order valence-electron chi connectivity index (χ0n) is 13.4. The van der Waals surface area contributed by atoms with Crippen LogP contribution in [0.4, 0.5) is 23.8 Å². The topological polar surface area (TPSA) is 89.5 Å². The van der Waals surface area contributed by atoms with Crippen LogP contribution in [0.2, 0.25) is 0 Å². The molecule has 1 aromatic heterocycles. The van der Waals surface area contributed by atoms with Crippen LogP contribution in [0.15, 0.2) is 18.3 Å². The minimum Gasteiger partial charge on any atom is -0.462 e. The van der Waals surface area contributed by atoms with Crippen molar-refractivity contribution in [1.82, 2.24) is 10.3 Å². The van der Waals surface area contributed by atoms with Gasteiger partial charge in [0.2, 0.25) is 0 Å². The van der Waals surface area contributed by atoms with E-state index in [4.69, 9.17) is 0 Å². The van der Waals surface area contributed by atoms with Gasteiger partial charge in [0, 0.05) is 12.8 Å². The number of ether oxygens (including phenoxy) is 2. The van der Waals surface area contributed by atoms with Crippen molar-refractivity contribution in [3.63, 3.8) is 0 Å². The molecule has 1 aromatic rings. The second-order valence-electron chi connectivity index (χ2n) is 4.63. The van der Waals surface area contributed by atoms with Crippen LogP contribution < -0.4 is 10.6 Å². The van der Waals surface area contributed by atoms with E-state index >= 15 is 0 Å². The Labute approximate surface area is 136 Å². The molecule has 1 heterocycles. The van der Waals surface area contributed by atoms with E-state index in [2.05, 4.69) is 19.8 Å². The fourth-order valence-electron chi connectivity index (χ4n) is 1.78. The first-order chi connectivity index (χ1) is 11.2. The zero-order valence-corrected chi connectivity index (χ0v) is 13.4. The minimum atomic E-state index is -5.23. The van der Waals surface area contributed by atoms with E-state index in [-0.39, 0.29) is 12.4 Å². The number of carbonyl (C=O) groups excluding carboxylic acids is 2. The number of halogens is 3. The number of anilines is 1. The maximum Gasteiger partial charge on any atom is 0.448 e. The molecule has 0 radical (unpaired) electrons. The summed E-state index contributed by atoms with van der Waals surface area (Å²) in [5.74, 6) is -1.74. The summed E-state index contributed by atoms with van der Waals surface area (Å²) in [7, 11) is 0. The number of rotatable bonds is 6. The molecule has 2 amide bonds. The van der Waals surface area contributed by atoms with Gasteiger partial charge in [0.1, 0.15) is 5.82 Å². The molecule has 7 nitrogen and oxygen atoms in total. The SMILES string of the molecule is CCOC(=O)C(NC(=O)Nc1cc(C)ccn1)(OCC)C(F)(F)F. The number of esters is 1. The molecule has 0 aromatic carbocycles. The Morgan fingerprint density at radius 3 is 2.42 bits per heavy atom. The number of hydrogen-bond acceptors (Lipinski definition) is 5. The highest BCUT2D eigenvalue weighted by molar-refractivity contribution is 5.93. The molecule has 2 N–H and O–H groups in total. The summed E-state index contributed by atoms with van der Waals surface area (Å²) >= 11 is 0. The van der Waals surface area contributed by atoms with Crippen molar-refractivity contribution in [3.8, 4) is 0 Å². The first-order valence-corrected chi connectivity index (χ1v) is 7.06. The second kappa shape index (κ2) is 7.95. The van der Waals surface area contributed by atoms with Crippen molar-refractivity contribution in [2.45, 2.75) is 32.7 Å². The van der Waals surface area contributed by atoms with Crippen LogP contribution in [0.3, 0.4) is 0 Å². The molecule has 0 aliphatic carbocycles. The van der Waals surface area contributed by atoms with Crippen LogP contribution in [0.1, 0.15) is 19.4 Å². The minimum absolute atomic E-state index is 0.0175. The number of alkyl halides is 3. The average Bonchev–Trinajstić information content (AvgIpc) is 2.45. The fraction of sp³-hybridized carbons (Fsp3) is 0.500. The van der Waals surface area contributed by atoms with Gasteiger partial charge in [-0.1, -0.05) is 0 Å². The van der Waals surface area contributed by atoms with Gasteiger partial charge in [-0.25, -0.2) is 14.6 Å². The van der Waals surface area contributed by atoms with Crippen molar-refractivity contribution in [2.75, 3.05) is 18.5 Å². The van der Waals surface area contributed by atoms with Crippen LogP contribution in [0, 0.1) is 6.92 Å². The van der Waals surface area contributed by atoms with Gasteiger partial charge < -0.3 is 9.47 Å². The number of nitrogens with one attached hydrogen (secondary N) is 2. The molecule has 0 bridgehead atoms. The number of aryl methyl sites for hydroxylation is 1. The first kappa shape index (κ1) is 19.7. The molecule has 0 saturated carbocycles. The maximum atomic E-state index is 13.4. The first-order valence-electron chi connectivity index (χ1n) is 7.06. The van der Waals surface area contributed by atoms with Crippen LogP contribution in [-0.2, 0) is 14.3 Å². The highest BCUT2D eigenvalue weighted by Gasteiger charge is 2.64. The van der Waals surface area contributed by atoms with E-state index in [1.165, 1.54) is 31.4 Å². The summed E-state index contributed by atoms with van der Waals surface area (Å²) in [6.45, 7) is 3.50. The summed E-state index contributed by atoms with van der Waals surface area (Å²) in [6.07, 6.45) is -3.86. The lowest BCUT2D eigenvalue weighted by Crippen LogP contribution is -2.67. The smallest absolute Gasteiger partial charge is 0.448 e. The van der Waals surface area contributed by atoms with E-state index in [9.17, 15) is 22.8 Å². The molecular weight excluding hydrogens is 331 g/mol. The summed E-state index contributed by atoms with van der Waals surface area (Å²) in [5.41, 5.74) is -2.87. The molecule has 1 rings (SSSR count). The largest absolute Gasteiger partial charge is 0.462 e. The van der Waals surface area contributed by atoms with E-state index in [1.54, 1.807) is 13.0 Å². The van der Waals surface area contributed by atoms with Crippen LogP contribution in [0.25, 0.3) is 0 Å². The lowest BCUT2D eigenvalue weighted by atomic mass is 10.2. The van der Waals surface area contributed by atoms with Crippen LogP contribution in [-0.4, -0.2) is 42.1 Å². The summed E-state index contributed by atoms with van der Waals surface area (Å²) in [5, 5.41) is 3.63. The third-order valence-electron chi connectivity index (χ3n) is 2.77. The van der Waals surface area contributed by atoms with Gasteiger partial charge in [-0.05, 0) is 38.5 Å². The zero-order chi connectivity index (χ0) is 18.4. The van der Waals surface area contributed by atoms with Gasteiger partial charge in [-0.2, -0.15) is 13.2 Å². The average molecular weight is 349 g/mol. The molecule has 1 atom stereocenters. The molecule has 0 aliphatic rings. The Balaban J connectivity index is 3.06. The van der Waals surface area contributed by atoms with E-state index in [1.807, 2.05) is 0 Å². The van der Waals surface area contributed by atoms with Gasteiger partial charge in [0.15, 0.2) is 0 Å². The quantitative estimate of drug-likeness (QED) is 0.608. The molecule has 24 heavy (non-hydrogen) atoms. The van der Waals surface area contributed by atoms with Crippen molar-refractivity contribution in [3.05, 3.63) is 23.9 Å². The van der Waals surface area contributed by atoms with Crippen molar-refractivity contribution in [1.29, 1.82) is 0 Å². The normalized spacial score (nSPS) is 13.8. The number of carbonyl (C=O) groups is 2. The van der Waals surface area contributed by atoms with E-state index < -0.39 is 30.5 Å². The number of amides is 2. The number of hydrogen-bond donors (Lipinski definition) is 2. The standard InChI is InChI=1S/C14H18F3N3O4/c1-4-23-11(21)13(24-5-2,14(15,16)17)20-12(22)19-10-8-9(3)6-7-18-10/h6-8H,4-5H2,1-3H3,(H2,18,19,20,22). The summed E-state index contributed by atoms with van der Waals surface area (Å²) < 4.78 is 49.2. The number of nitrogens with zero attached hydrogens (tertiary/aromatic N) is 1. The Hall–Kier alpha value is -2.36. The third kappa shape index (κ3) is 4.57. The molecule has 0 saturated heterocycles. The van der Waals surface area contributed by atoms with Gasteiger partial charge in [-0.3, -0.25) is 10.6 Å². The number of urea groups is 1. The van der Waals surface area contributed by atoms with Crippen molar-refractivity contribution < 1.29 is 32.2 Å². The van der Waals surface area contributed by atoms with Crippen molar-refractivity contribution >= 4 is 17.8 Å². The lowest BCUT2D eigenvalue weighted by molar-refractivity contribution is -0.282. The molecule has 10 heteroatoms. The number of pyridine rings is 1. The summed E-state index contributed by atoms with van der Waals surface area (Å²) in [4.78, 5) is 27.5. The molecule has 0 fully saturated rings. The Kier molecular flexibility index (Phi) is 6.52. The highest BCUT2D eigenvalue weighted by Crippen LogP contribution is 2.33. The second-order valence-corrected chi connectivity index (χ2v) is 4.63. The number of aromatic nitrogens is 1. The predicted octanol–water partition coefficient (Wildman–Crippen LogP) is 2.37. The maximum absolute atomic E-state index is 13.4. The monoisotopic (exact) mass is 349 g/mol.